The lowest BCUT2D eigenvalue weighted by molar-refractivity contribution is 0.102. The summed E-state index contributed by atoms with van der Waals surface area (Å²) in [6.07, 6.45) is 1.49. The number of anilines is 1. The van der Waals surface area contributed by atoms with E-state index in [0.717, 1.165) is 10.0 Å². The Hall–Kier alpha value is -2.27. The molecule has 0 unspecified atom stereocenters. The minimum absolute atomic E-state index is 0.00208. The summed E-state index contributed by atoms with van der Waals surface area (Å²) in [6.45, 7) is 0.479. The Kier molecular flexibility index (Phi) is 6.14. The minimum atomic E-state index is -3.70. The lowest BCUT2D eigenvalue weighted by Crippen LogP contribution is -2.20. The Bertz CT molecular complexity index is 1120. The maximum absolute atomic E-state index is 12.5. The fourth-order valence-corrected chi connectivity index (χ4v) is 3.56. The molecule has 2 aromatic carbocycles. The molecule has 2 N–H and O–H groups in total. The van der Waals surface area contributed by atoms with E-state index in [-0.39, 0.29) is 21.4 Å². The van der Waals surface area contributed by atoms with Crippen molar-refractivity contribution in [2.45, 2.75) is 11.4 Å². The summed E-state index contributed by atoms with van der Waals surface area (Å²) in [5.74, 6) is -0.528. The van der Waals surface area contributed by atoms with Crippen molar-refractivity contribution in [3.8, 4) is 0 Å². The number of hydrogen-bond acceptors (Lipinski definition) is 5. The summed E-state index contributed by atoms with van der Waals surface area (Å²) in [5.41, 5.74) is 1.02. The molecule has 0 aliphatic rings. The number of amides is 1. The van der Waals surface area contributed by atoms with Gasteiger partial charge in [0.05, 0.1) is 22.0 Å². The van der Waals surface area contributed by atoms with Crippen LogP contribution in [0.15, 0.2) is 58.2 Å². The van der Waals surface area contributed by atoms with Crippen molar-refractivity contribution < 1.29 is 13.2 Å². The highest BCUT2D eigenvalue weighted by molar-refractivity contribution is 9.10. The number of hydrogen-bond donors (Lipinski definition) is 2. The van der Waals surface area contributed by atoms with E-state index in [9.17, 15) is 13.2 Å². The monoisotopic (exact) mass is 483 g/mol. The van der Waals surface area contributed by atoms with Gasteiger partial charge in [-0.15, -0.1) is 5.10 Å². The third kappa shape index (κ3) is 4.76. The standard InChI is InChI=1S/C17H15BrClN5O3S/c1-20-28(26,27)13-6-7-15(19)14(8-13)16(25)22-17-21-10-24(23-17)9-11-2-4-12(18)5-3-11/h2-8,10,20H,9H2,1H3,(H,22,23,25). The summed E-state index contributed by atoms with van der Waals surface area (Å²) in [4.78, 5) is 16.5. The molecule has 8 nitrogen and oxygen atoms in total. The molecular weight excluding hydrogens is 470 g/mol. The van der Waals surface area contributed by atoms with Gasteiger partial charge in [-0.2, -0.15) is 0 Å². The molecule has 0 radical (unpaired) electrons. The van der Waals surface area contributed by atoms with Crippen LogP contribution in [0.5, 0.6) is 0 Å². The summed E-state index contributed by atoms with van der Waals surface area (Å²) in [7, 11) is -2.42. The number of nitrogens with one attached hydrogen (secondary N) is 2. The second-order valence-electron chi connectivity index (χ2n) is 5.70. The lowest BCUT2D eigenvalue weighted by Gasteiger charge is -2.07. The zero-order valence-corrected chi connectivity index (χ0v) is 17.7. The number of sulfonamides is 1. The molecule has 3 rings (SSSR count). The third-order valence-corrected chi connectivity index (χ3v) is 6.05. The van der Waals surface area contributed by atoms with Crippen molar-refractivity contribution in [3.63, 3.8) is 0 Å². The van der Waals surface area contributed by atoms with E-state index < -0.39 is 15.9 Å². The molecule has 1 aromatic heterocycles. The van der Waals surface area contributed by atoms with Gasteiger partial charge in [0.15, 0.2) is 0 Å². The van der Waals surface area contributed by atoms with Crippen molar-refractivity contribution >= 4 is 49.4 Å². The Morgan fingerprint density at radius 3 is 2.61 bits per heavy atom. The molecule has 11 heteroatoms. The van der Waals surface area contributed by atoms with E-state index in [2.05, 4.69) is 36.1 Å². The number of nitrogens with zero attached hydrogens (tertiary/aromatic N) is 3. The smallest absolute Gasteiger partial charge is 0.259 e. The Labute approximate surface area is 175 Å². The van der Waals surface area contributed by atoms with Crippen molar-refractivity contribution in [1.29, 1.82) is 0 Å². The predicted octanol–water partition coefficient (Wildman–Crippen LogP) is 2.90. The maximum atomic E-state index is 12.5. The molecule has 0 bridgehead atoms. The van der Waals surface area contributed by atoms with Crippen LogP contribution in [0.25, 0.3) is 0 Å². The molecule has 0 saturated carbocycles. The van der Waals surface area contributed by atoms with Crippen LogP contribution in [-0.4, -0.2) is 36.1 Å². The van der Waals surface area contributed by atoms with E-state index >= 15 is 0 Å². The van der Waals surface area contributed by atoms with Gasteiger partial charge in [0.2, 0.25) is 16.0 Å². The maximum Gasteiger partial charge on any atom is 0.259 e. The zero-order chi connectivity index (χ0) is 20.3. The molecule has 0 atom stereocenters. The van der Waals surface area contributed by atoms with E-state index in [4.69, 9.17) is 11.6 Å². The van der Waals surface area contributed by atoms with Crippen molar-refractivity contribution in [2.24, 2.45) is 0 Å². The van der Waals surface area contributed by atoms with Crippen LogP contribution in [0.2, 0.25) is 5.02 Å². The fourth-order valence-electron chi connectivity index (χ4n) is 2.34. The fraction of sp³-hybridized carbons (Fsp3) is 0.118. The minimum Gasteiger partial charge on any atom is -0.289 e. The van der Waals surface area contributed by atoms with Gasteiger partial charge in [-0.3, -0.25) is 10.1 Å². The van der Waals surface area contributed by atoms with Gasteiger partial charge in [-0.25, -0.2) is 22.8 Å². The summed E-state index contributed by atoms with van der Waals surface area (Å²) >= 11 is 9.43. The molecule has 1 amide bonds. The third-order valence-electron chi connectivity index (χ3n) is 3.78. The average molecular weight is 485 g/mol. The molecule has 28 heavy (non-hydrogen) atoms. The quantitative estimate of drug-likeness (QED) is 0.560. The van der Waals surface area contributed by atoms with E-state index in [1.54, 1.807) is 4.68 Å². The molecule has 0 spiro atoms. The molecule has 0 saturated heterocycles. The molecular formula is C17H15BrClN5O3S. The molecule has 3 aromatic rings. The van der Waals surface area contributed by atoms with Crippen LogP contribution < -0.4 is 10.0 Å². The van der Waals surface area contributed by atoms with Gasteiger partial charge in [-0.05, 0) is 42.9 Å². The first-order valence-electron chi connectivity index (χ1n) is 7.97. The van der Waals surface area contributed by atoms with Crippen molar-refractivity contribution in [2.75, 3.05) is 12.4 Å². The van der Waals surface area contributed by atoms with Gasteiger partial charge < -0.3 is 0 Å². The highest BCUT2D eigenvalue weighted by Gasteiger charge is 2.18. The predicted molar refractivity (Wildman–Crippen MR) is 109 cm³/mol. The number of carbonyl (C=O) groups excluding carboxylic acids is 1. The topological polar surface area (TPSA) is 106 Å². The number of rotatable bonds is 6. The van der Waals surface area contributed by atoms with Gasteiger partial charge in [0.1, 0.15) is 6.33 Å². The van der Waals surface area contributed by atoms with E-state index in [1.807, 2.05) is 24.3 Å². The largest absolute Gasteiger partial charge is 0.289 e. The van der Waals surface area contributed by atoms with Gasteiger partial charge in [-0.1, -0.05) is 39.7 Å². The van der Waals surface area contributed by atoms with Gasteiger partial charge >= 0.3 is 0 Å². The highest BCUT2D eigenvalue weighted by Crippen LogP contribution is 2.21. The number of halogens is 2. The molecule has 0 aliphatic heterocycles. The molecule has 1 heterocycles. The molecule has 146 valence electrons. The number of carbonyl (C=O) groups is 1. The Morgan fingerprint density at radius 1 is 1.21 bits per heavy atom. The summed E-state index contributed by atoms with van der Waals surface area (Å²) in [6, 6.07) is 11.6. The first kappa shape index (κ1) is 20.5. The second-order valence-corrected chi connectivity index (χ2v) is 8.90. The highest BCUT2D eigenvalue weighted by atomic mass is 79.9. The Balaban J connectivity index is 1.76. The SMILES string of the molecule is CNS(=O)(=O)c1ccc(Cl)c(C(=O)Nc2ncn(Cc3ccc(Br)cc3)n2)c1. The zero-order valence-electron chi connectivity index (χ0n) is 14.6. The normalized spacial score (nSPS) is 11.4. The van der Waals surface area contributed by atoms with Crippen LogP contribution in [0.1, 0.15) is 15.9 Å². The van der Waals surface area contributed by atoms with E-state index in [0.29, 0.717) is 6.54 Å². The van der Waals surface area contributed by atoms with Gasteiger partial charge in [0.25, 0.3) is 5.91 Å². The first-order valence-corrected chi connectivity index (χ1v) is 10.6. The lowest BCUT2D eigenvalue weighted by atomic mass is 10.2. The van der Waals surface area contributed by atoms with Crippen LogP contribution >= 0.6 is 27.5 Å². The van der Waals surface area contributed by atoms with Crippen LogP contribution in [0.4, 0.5) is 5.95 Å². The molecule has 0 fully saturated rings. The van der Waals surface area contributed by atoms with Gasteiger partial charge in [0, 0.05) is 4.47 Å². The van der Waals surface area contributed by atoms with Crippen LogP contribution in [0.3, 0.4) is 0 Å². The second kappa shape index (κ2) is 8.39. The van der Waals surface area contributed by atoms with Crippen LogP contribution in [-0.2, 0) is 16.6 Å². The summed E-state index contributed by atoms with van der Waals surface area (Å²) < 4.78 is 28.6. The number of aromatic nitrogens is 3. The Morgan fingerprint density at radius 2 is 1.93 bits per heavy atom. The van der Waals surface area contributed by atoms with E-state index in [1.165, 1.54) is 31.6 Å². The van der Waals surface area contributed by atoms with Crippen LogP contribution in [0, 0.1) is 0 Å². The summed E-state index contributed by atoms with van der Waals surface area (Å²) in [5, 5.41) is 6.83. The first-order chi connectivity index (χ1) is 13.3. The van der Waals surface area contributed by atoms with Crippen molar-refractivity contribution in [3.05, 3.63) is 69.4 Å². The molecule has 0 aliphatic carbocycles. The number of benzene rings is 2. The van der Waals surface area contributed by atoms with Crippen molar-refractivity contribution in [1.82, 2.24) is 19.5 Å². The average Bonchev–Trinajstić information content (AvgIpc) is 3.10.